The summed E-state index contributed by atoms with van der Waals surface area (Å²) in [6, 6.07) is 13.1. The second kappa shape index (κ2) is 21.3. The molecule has 208 valence electrons. The summed E-state index contributed by atoms with van der Waals surface area (Å²) in [5.74, 6) is 2.35. The van der Waals surface area contributed by atoms with Crippen LogP contribution in [0.25, 0.3) is 0 Å². The van der Waals surface area contributed by atoms with Crippen molar-refractivity contribution in [3.63, 3.8) is 0 Å². The zero-order valence-corrected chi connectivity index (χ0v) is 24.8. The Morgan fingerprint density at radius 1 is 0.946 bits per heavy atom. The summed E-state index contributed by atoms with van der Waals surface area (Å²) in [7, 11) is 0. The number of nitrogens with zero attached hydrogens (tertiary/aromatic N) is 1. The maximum absolute atomic E-state index is 5.94. The minimum absolute atomic E-state index is 0.490. The van der Waals surface area contributed by atoms with E-state index >= 15 is 0 Å². The largest absolute Gasteiger partial charge is 0.486 e. The summed E-state index contributed by atoms with van der Waals surface area (Å²) >= 11 is 0. The van der Waals surface area contributed by atoms with Crippen molar-refractivity contribution >= 4 is 5.84 Å². The lowest BCUT2D eigenvalue weighted by molar-refractivity contribution is 0.171. The average molecular weight is 512 g/mol. The van der Waals surface area contributed by atoms with E-state index in [-0.39, 0.29) is 0 Å². The molecule has 2 aliphatic rings. The van der Waals surface area contributed by atoms with E-state index in [9.17, 15) is 0 Å². The first-order valence-corrected chi connectivity index (χ1v) is 14.4. The predicted molar refractivity (Wildman–Crippen MR) is 162 cm³/mol. The molecule has 0 aliphatic carbocycles. The van der Waals surface area contributed by atoms with Crippen molar-refractivity contribution in [3.05, 3.63) is 71.4 Å². The number of aliphatic imine (C=N–C) groups is 1. The normalized spacial score (nSPS) is 15.6. The van der Waals surface area contributed by atoms with E-state index in [1.54, 1.807) is 0 Å². The fourth-order valence-electron chi connectivity index (χ4n) is 4.15. The molecule has 1 fully saturated rings. The molecule has 5 nitrogen and oxygen atoms in total. The Hall–Kier alpha value is -2.79. The molecule has 3 N–H and O–H groups in total. The van der Waals surface area contributed by atoms with Gasteiger partial charge in [-0.25, -0.2) is 4.99 Å². The third-order valence-corrected chi connectivity index (χ3v) is 5.76. The van der Waals surface area contributed by atoms with Crippen LogP contribution < -0.4 is 20.5 Å². The maximum atomic E-state index is 5.94. The molecule has 0 aromatic heterocycles. The van der Waals surface area contributed by atoms with E-state index in [0.717, 1.165) is 36.4 Å². The van der Waals surface area contributed by atoms with Gasteiger partial charge < -0.3 is 20.5 Å². The van der Waals surface area contributed by atoms with Crippen molar-refractivity contribution in [1.82, 2.24) is 5.32 Å². The van der Waals surface area contributed by atoms with Crippen molar-refractivity contribution in [2.45, 2.75) is 93.5 Å². The topological polar surface area (TPSA) is 68.9 Å². The lowest BCUT2D eigenvalue weighted by Gasteiger charge is -2.25. The molecule has 0 spiro atoms. The number of benzene rings is 2. The Bertz CT molecular complexity index is 881. The third-order valence-electron chi connectivity index (χ3n) is 5.76. The zero-order chi connectivity index (χ0) is 28.1. The molecule has 0 saturated carbocycles. The van der Waals surface area contributed by atoms with Crippen LogP contribution in [-0.2, 0) is 12.8 Å². The van der Waals surface area contributed by atoms with Crippen molar-refractivity contribution < 1.29 is 9.47 Å². The van der Waals surface area contributed by atoms with Crippen LogP contribution in [0, 0.1) is 0 Å². The number of nitrogens with two attached hydrogens (primary N) is 1. The van der Waals surface area contributed by atoms with Gasteiger partial charge in [0.25, 0.3) is 0 Å². The lowest BCUT2D eigenvalue weighted by Crippen LogP contribution is -2.27. The van der Waals surface area contributed by atoms with Crippen molar-refractivity contribution in [1.29, 1.82) is 0 Å². The number of fused-ring (bicyclic) bond motifs is 1. The van der Waals surface area contributed by atoms with Gasteiger partial charge in [0.1, 0.15) is 19.0 Å². The summed E-state index contributed by atoms with van der Waals surface area (Å²) in [4.78, 5) is 4.07. The Morgan fingerprint density at radius 2 is 1.54 bits per heavy atom. The number of rotatable bonds is 5. The van der Waals surface area contributed by atoms with Gasteiger partial charge in [-0.2, -0.15) is 0 Å². The number of nitrogens with one attached hydrogen (secondary N) is 1. The molecule has 2 heterocycles. The first-order chi connectivity index (χ1) is 18.2. The predicted octanol–water partition coefficient (Wildman–Crippen LogP) is 8.01. The molecule has 2 aromatic carbocycles. The van der Waals surface area contributed by atoms with Crippen molar-refractivity contribution in [2.24, 2.45) is 10.7 Å². The van der Waals surface area contributed by atoms with E-state index in [1.165, 1.54) is 42.2 Å². The minimum atomic E-state index is 0.490. The fourth-order valence-corrected chi connectivity index (χ4v) is 4.15. The van der Waals surface area contributed by atoms with Crippen molar-refractivity contribution in [2.75, 3.05) is 19.8 Å². The molecule has 37 heavy (non-hydrogen) atoms. The molecule has 4 rings (SSSR count). The Labute approximate surface area is 227 Å². The Morgan fingerprint density at radius 3 is 2.05 bits per heavy atom. The summed E-state index contributed by atoms with van der Waals surface area (Å²) in [5.41, 5.74) is 10.8. The number of aryl methyl sites for hydroxylation is 2. The van der Waals surface area contributed by atoms with Gasteiger partial charge in [-0.3, -0.25) is 0 Å². The molecule has 0 radical (unpaired) electrons. The molecule has 5 heteroatoms. The first-order valence-electron chi connectivity index (χ1n) is 14.4. The van der Waals surface area contributed by atoms with Gasteiger partial charge in [0.05, 0.1) is 0 Å². The van der Waals surface area contributed by atoms with Crippen LogP contribution in [0.5, 0.6) is 11.5 Å². The molecule has 1 unspecified atom stereocenters. The molecular weight excluding hydrogens is 458 g/mol. The molecule has 1 saturated heterocycles. The fraction of sp³-hybridized carbons (Fsp3) is 0.531. The smallest absolute Gasteiger partial charge is 0.161 e. The summed E-state index contributed by atoms with van der Waals surface area (Å²) in [6.07, 6.45) is 7.25. The van der Waals surface area contributed by atoms with Gasteiger partial charge in [0.15, 0.2) is 11.5 Å². The number of ether oxygens (including phenoxy) is 2. The maximum Gasteiger partial charge on any atom is 0.161 e. The standard InChI is InChI=1S/C13H18N2.C13H17NO2.3C2H6/c1-4-10-8-7-9-11(5-2)12(10)13(14)15-6-3;1-2-6-14-11(3-1)10-4-5-12-13(9-10)16-8-7-15-12;3*1-2/h6-9H,3-5H2,1-2H3,(H2,14,15);4-5,9,11,14H,1-3,6-8H2;3*1-2H3. The van der Waals surface area contributed by atoms with E-state index in [0.29, 0.717) is 25.1 Å². The second-order valence-corrected chi connectivity index (χ2v) is 7.76. The number of hydrogen-bond acceptors (Lipinski definition) is 4. The van der Waals surface area contributed by atoms with Crippen LogP contribution in [0.1, 0.15) is 103 Å². The molecule has 0 amide bonds. The quantitative estimate of drug-likeness (QED) is 0.315. The van der Waals surface area contributed by atoms with Crippen LogP contribution in [0.3, 0.4) is 0 Å². The highest BCUT2D eigenvalue weighted by atomic mass is 16.6. The third kappa shape index (κ3) is 11.0. The van der Waals surface area contributed by atoms with E-state index in [1.807, 2.05) is 47.6 Å². The number of amidine groups is 1. The Balaban J connectivity index is 0.000000585. The van der Waals surface area contributed by atoms with Crippen LogP contribution >= 0.6 is 0 Å². The first kappa shape index (κ1) is 34.2. The summed E-state index contributed by atoms with van der Waals surface area (Å²) < 4.78 is 11.1. The summed E-state index contributed by atoms with van der Waals surface area (Å²) in [6.45, 7) is 22.3. The van der Waals surface area contributed by atoms with Crippen LogP contribution in [-0.4, -0.2) is 25.6 Å². The summed E-state index contributed by atoms with van der Waals surface area (Å²) in [5, 5.41) is 3.55. The van der Waals surface area contributed by atoms with E-state index in [4.69, 9.17) is 15.2 Å². The molecule has 1 atom stereocenters. The number of hydrogen-bond donors (Lipinski definition) is 2. The van der Waals surface area contributed by atoms with Gasteiger partial charge in [-0.15, -0.1) is 0 Å². The highest BCUT2D eigenvalue weighted by Crippen LogP contribution is 2.34. The van der Waals surface area contributed by atoms with Gasteiger partial charge in [-0.1, -0.05) is 92.7 Å². The average Bonchev–Trinajstić information content (AvgIpc) is 3.00. The highest BCUT2D eigenvalue weighted by Gasteiger charge is 2.18. The van der Waals surface area contributed by atoms with Gasteiger partial charge in [-0.05, 0) is 61.1 Å². The number of piperidine rings is 1. The highest BCUT2D eigenvalue weighted by molar-refractivity contribution is 6.00. The van der Waals surface area contributed by atoms with Crippen molar-refractivity contribution in [3.8, 4) is 11.5 Å². The van der Waals surface area contributed by atoms with E-state index in [2.05, 4.69) is 61.1 Å². The minimum Gasteiger partial charge on any atom is -0.486 e. The Kier molecular flexibility index (Phi) is 19.7. The van der Waals surface area contributed by atoms with Crippen LogP contribution in [0.2, 0.25) is 0 Å². The monoisotopic (exact) mass is 511 g/mol. The lowest BCUT2D eigenvalue weighted by atomic mass is 9.97. The van der Waals surface area contributed by atoms with E-state index < -0.39 is 0 Å². The van der Waals surface area contributed by atoms with Gasteiger partial charge in [0.2, 0.25) is 0 Å². The van der Waals surface area contributed by atoms with Gasteiger partial charge >= 0.3 is 0 Å². The molecule has 0 bridgehead atoms. The zero-order valence-electron chi connectivity index (χ0n) is 24.8. The van der Waals surface area contributed by atoms with Crippen LogP contribution in [0.15, 0.2) is 54.2 Å². The molecular formula is C32H53N3O2. The SMILES string of the molecule is C=CN=C(N)c1c(CC)cccc1CC.CC.CC.CC.c1cc2c(cc1C1CCCCN1)OCCO2. The van der Waals surface area contributed by atoms with Gasteiger partial charge in [0, 0.05) is 17.8 Å². The van der Waals surface area contributed by atoms with Crippen LogP contribution in [0.4, 0.5) is 0 Å². The molecule has 2 aromatic rings. The molecule has 2 aliphatic heterocycles. The second-order valence-electron chi connectivity index (χ2n) is 7.76.